The Morgan fingerprint density at radius 3 is 2.88 bits per heavy atom. The minimum atomic E-state index is 0.522. The van der Waals surface area contributed by atoms with Crippen molar-refractivity contribution >= 4 is 32.7 Å². The molecule has 0 spiro atoms. The Balaban J connectivity index is 2.50. The lowest BCUT2D eigenvalue weighted by molar-refractivity contribution is 0.840. The van der Waals surface area contributed by atoms with Crippen LogP contribution in [0.1, 0.15) is 11.3 Å². The topological polar surface area (TPSA) is 48.2 Å². The van der Waals surface area contributed by atoms with Crippen LogP contribution in [-0.4, -0.2) is 14.0 Å². The van der Waals surface area contributed by atoms with Crippen LogP contribution in [0.3, 0.4) is 0 Å². The van der Waals surface area contributed by atoms with Crippen LogP contribution in [0, 0.1) is 6.92 Å². The first kappa shape index (κ1) is 10.8. The monoisotopic (exact) mass is 292 g/mol. The molecule has 0 bridgehead atoms. The lowest BCUT2D eigenvalue weighted by Gasteiger charge is -1.98. The Morgan fingerprint density at radius 1 is 1.41 bits per heavy atom. The van der Waals surface area contributed by atoms with Crippen LogP contribution in [-0.2, 0) is 13.6 Å². The molecule has 5 heteroatoms. The molecule has 0 saturated carbocycles. The molecule has 0 aliphatic carbocycles. The van der Waals surface area contributed by atoms with Crippen molar-refractivity contribution in [2.75, 3.05) is 0 Å². The first-order valence-corrected chi connectivity index (χ1v) is 6.23. The maximum absolute atomic E-state index is 5.71. The van der Waals surface area contributed by atoms with Crippen molar-refractivity contribution in [3.8, 4) is 0 Å². The molecule has 0 aliphatic heterocycles. The number of hydrogen-bond donors (Lipinski definition) is 1. The van der Waals surface area contributed by atoms with E-state index in [-0.39, 0.29) is 0 Å². The number of imidazole rings is 2. The number of nitrogens with zero attached hydrogens (tertiary/aromatic N) is 3. The quantitative estimate of drug-likeness (QED) is 0.748. The van der Waals surface area contributed by atoms with Crippen LogP contribution < -0.4 is 5.73 Å². The van der Waals surface area contributed by atoms with Crippen LogP contribution in [0.15, 0.2) is 22.8 Å². The van der Waals surface area contributed by atoms with Crippen LogP contribution in [0.2, 0.25) is 0 Å². The molecule has 0 radical (unpaired) electrons. The molecule has 0 fully saturated rings. The number of aromatic nitrogens is 3. The number of rotatable bonds is 1. The summed E-state index contributed by atoms with van der Waals surface area (Å²) >= 11 is 3.56. The maximum Gasteiger partial charge on any atom is 0.215 e. The van der Waals surface area contributed by atoms with Crippen LogP contribution in [0.25, 0.3) is 16.8 Å². The minimum Gasteiger partial charge on any atom is -0.325 e. The number of hydrogen-bond acceptors (Lipinski definition) is 2. The summed E-state index contributed by atoms with van der Waals surface area (Å²) in [5.74, 6) is 0.923. The minimum absolute atomic E-state index is 0.522. The average Bonchev–Trinajstić information content (AvgIpc) is 2.77. The van der Waals surface area contributed by atoms with Gasteiger partial charge in [0, 0.05) is 24.3 Å². The lowest BCUT2D eigenvalue weighted by Crippen LogP contribution is -2.02. The summed E-state index contributed by atoms with van der Waals surface area (Å²) in [6.07, 6.45) is 2.05. The highest BCUT2D eigenvalue weighted by atomic mass is 79.9. The molecule has 2 N–H and O–H groups in total. The van der Waals surface area contributed by atoms with E-state index in [1.807, 2.05) is 11.6 Å². The Hall–Kier alpha value is -1.33. The molecule has 0 aliphatic rings. The van der Waals surface area contributed by atoms with E-state index in [2.05, 4.69) is 50.6 Å². The van der Waals surface area contributed by atoms with Crippen molar-refractivity contribution in [3.63, 3.8) is 0 Å². The molecular formula is C12H13BrN4. The molecule has 0 atom stereocenters. The second kappa shape index (κ2) is 3.58. The Labute approximate surface area is 107 Å². The van der Waals surface area contributed by atoms with Gasteiger partial charge in [-0.2, -0.15) is 0 Å². The number of aryl methyl sites for hydroxylation is 2. The van der Waals surface area contributed by atoms with Gasteiger partial charge in [0.15, 0.2) is 0 Å². The molecule has 88 valence electrons. The smallest absolute Gasteiger partial charge is 0.215 e. The number of nitrogens with two attached hydrogens (primary N) is 1. The summed E-state index contributed by atoms with van der Waals surface area (Å²) in [7, 11) is 1.99. The van der Waals surface area contributed by atoms with E-state index in [0.29, 0.717) is 6.54 Å². The molecule has 2 heterocycles. The van der Waals surface area contributed by atoms with E-state index < -0.39 is 0 Å². The van der Waals surface area contributed by atoms with Crippen LogP contribution in [0.4, 0.5) is 0 Å². The third kappa shape index (κ3) is 1.42. The molecule has 2 aromatic heterocycles. The van der Waals surface area contributed by atoms with Gasteiger partial charge in [-0.15, -0.1) is 0 Å². The summed E-state index contributed by atoms with van der Waals surface area (Å²) in [4.78, 5) is 4.65. The molecule has 0 amide bonds. The first-order valence-electron chi connectivity index (χ1n) is 5.44. The SMILES string of the molecule is Cc1cc(Br)c2nc3n(C)c(CN)cn3c2c1. The van der Waals surface area contributed by atoms with Gasteiger partial charge in [-0.3, -0.25) is 4.40 Å². The van der Waals surface area contributed by atoms with E-state index in [4.69, 9.17) is 5.73 Å². The second-order valence-electron chi connectivity index (χ2n) is 4.28. The molecule has 3 aromatic rings. The van der Waals surface area contributed by atoms with E-state index in [1.165, 1.54) is 5.56 Å². The fraction of sp³-hybridized carbons (Fsp3) is 0.250. The summed E-state index contributed by atoms with van der Waals surface area (Å²) in [5, 5.41) is 0. The van der Waals surface area contributed by atoms with Crippen molar-refractivity contribution in [2.45, 2.75) is 13.5 Å². The van der Waals surface area contributed by atoms with Gasteiger partial charge in [0.05, 0.1) is 11.2 Å². The highest BCUT2D eigenvalue weighted by Gasteiger charge is 2.13. The highest BCUT2D eigenvalue weighted by molar-refractivity contribution is 9.10. The van der Waals surface area contributed by atoms with Gasteiger partial charge in [-0.05, 0) is 40.5 Å². The largest absolute Gasteiger partial charge is 0.325 e. The van der Waals surface area contributed by atoms with Crippen molar-refractivity contribution < 1.29 is 0 Å². The summed E-state index contributed by atoms with van der Waals surface area (Å²) in [5.41, 5.74) is 10.1. The zero-order valence-corrected chi connectivity index (χ0v) is 11.3. The standard InChI is InChI=1S/C12H13BrN4/c1-7-3-9(13)11-10(4-7)17-6-8(5-14)16(2)12(17)15-11/h3-4,6H,5,14H2,1-2H3. The third-order valence-electron chi connectivity index (χ3n) is 3.09. The van der Waals surface area contributed by atoms with E-state index >= 15 is 0 Å². The average molecular weight is 293 g/mol. The van der Waals surface area contributed by atoms with Crippen molar-refractivity contribution in [1.29, 1.82) is 0 Å². The Bertz CT molecular complexity index is 723. The van der Waals surface area contributed by atoms with Gasteiger partial charge in [0.25, 0.3) is 0 Å². The Morgan fingerprint density at radius 2 is 2.18 bits per heavy atom. The normalized spacial score (nSPS) is 11.8. The molecular weight excluding hydrogens is 280 g/mol. The third-order valence-corrected chi connectivity index (χ3v) is 3.70. The first-order chi connectivity index (χ1) is 8.11. The molecule has 4 nitrogen and oxygen atoms in total. The molecule has 17 heavy (non-hydrogen) atoms. The Kier molecular flexibility index (Phi) is 2.27. The van der Waals surface area contributed by atoms with Crippen molar-refractivity contribution in [2.24, 2.45) is 12.8 Å². The molecule has 0 saturated heterocycles. The lowest BCUT2D eigenvalue weighted by atomic mass is 10.2. The molecule has 0 unspecified atom stereocenters. The van der Waals surface area contributed by atoms with E-state index in [1.54, 1.807) is 0 Å². The van der Waals surface area contributed by atoms with Gasteiger partial charge in [0.1, 0.15) is 5.52 Å². The highest BCUT2D eigenvalue weighted by Crippen LogP contribution is 2.27. The molecule has 3 rings (SSSR count). The zero-order chi connectivity index (χ0) is 12.2. The van der Waals surface area contributed by atoms with Crippen molar-refractivity contribution in [3.05, 3.63) is 34.1 Å². The summed E-state index contributed by atoms with van der Waals surface area (Å²) in [6.45, 7) is 2.60. The van der Waals surface area contributed by atoms with Crippen LogP contribution in [0.5, 0.6) is 0 Å². The van der Waals surface area contributed by atoms with Gasteiger partial charge in [-0.25, -0.2) is 4.98 Å². The van der Waals surface area contributed by atoms with Gasteiger partial charge in [-0.1, -0.05) is 0 Å². The van der Waals surface area contributed by atoms with Crippen LogP contribution >= 0.6 is 15.9 Å². The van der Waals surface area contributed by atoms with E-state index in [0.717, 1.165) is 27.0 Å². The predicted molar refractivity (Wildman–Crippen MR) is 72.0 cm³/mol. The fourth-order valence-corrected chi connectivity index (χ4v) is 2.84. The maximum atomic E-state index is 5.71. The number of halogens is 1. The predicted octanol–water partition coefficient (Wildman–Crippen LogP) is 2.36. The zero-order valence-electron chi connectivity index (χ0n) is 9.74. The van der Waals surface area contributed by atoms with Crippen molar-refractivity contribution in [1.82, 2.24) is 14.0 Å². The van der Waals surface area contributed by atoms with Gasteiger partial charge >= 0.3 is 0 Å². The summed E-state index contributed by atoms with van der Waals surface area (Å²) < 4.78 is 5.15. The number of benzene rings is 1. The number of fused-ring (bicyclic) bond motifs is 3. The van der Waals surface area contributed by atoms with Gasteiger partial charge < -0.3 is 10.3 Å². The summed E-state index contributed by atoms with van der Waals surface area (Å²) in [6, 6.07) is 4.22. The van der Waals surface area contributed by atoms with Gasteiger partial charge in [0.2, 0.25) is 5.78 Å². The second-order valence-corrected chi connectivity index (χ2v) is 5.13. The molecule has 1 aromatic carbocycles. The van der Waals surface area contributed by atoms with E-state index in [9.17, 15) is 0 Å². The fourth-order valence-electron chi connectivity index (χ4n) is 2.19.